The summed E-state index contributed by atoms with van der Waals surface area (Å²) < 4.78 is 10.5. The number of anilines is 2. The molecule has 0 saturated heterocycles. The van der Waals surface area contributed by atoms with E-state index in [1.807, 2.05) is 24.3 Å². The molecule has 1 aromatic heterocycles. The Hall–Kier alpha value is -4.05. The van der Waals surface area contributed by atoms with E-state index >= 15 is 0 Å². The van der Waals surface area contributed by atoms with Gasteiger partial charge in [-0.05, 0) is 48.0 Å². The van der Waals surface area contributed by atoms with Crippen molar-refractivity contribution in [1.29, 1.82) is 5.26 Å². The Bertz CT molecular complexity index is 1040. The number of pyridine rings is 1. The highest BCUT2D eigenvalue weighted by molar-refractivity contribution is 6.03. The van der Waals surface area contributed by atoms with Crippen LogP contribution in [-0.4, -0.2) is 25.1 Å². The van der Waals surface area contributed by atoms with Gasteiger partial charge in [0.1, 0.15) is 5.69 Å². The van der Waals surface area contributed by atoms with Crippen molar-refractivity contribution >= 4 is 17.3 Å². The zero-order chi connectivity index (χ0) is 20.6. The normalized spacial score (nSPS) is 9.97. The summed E-state index contributed by atoms with van der Waals surface area (Å²) >= 11 is 0. The average Bonchev–Trinajstić information content (AvgIpc) is 2.77. The Morgan fingerprint density at radius 1 is 1.03 bits per heavy atom. The molecule has 0 fully saturated rings. The molecule has 0 saturated carbocycles. The summed E-state index contributed by atoms with van der Waals surface area (Å²) in [7, 11) is 3.19. The van der Waals surface area contributed by atoms with Gasteiger partial charge < -0.3 is 20.1 Å². The van der Waals surface area contributed by atoms with Crippen LogP contribution in [0.1, 0.15) is 21.6 Å². The molecule has 2 N–H and O–H groups in total. The third-order valence-corrected chi connectivity index (χ3v) is 4.19. The molecule has 3 rings (SSSR count). The first kappa shape index (κ1) is 19.7. The van der Waals surface area contributed by atoms with Crippen molar-refractivity contribution in [1.82, 2.24) is 4.98 Å². The van der Waals surface area contributed by atoms with Crippen molar-refractivity contribution in [2.45, 2.75) is 6.54 Å². The lowest BCUT2D eigenvalue weighted by Gasteiger charge is -2.11. The number of nitrogens with zero attached hydrogens (tertiary/aromatic N) is 2. The number of ether oxygens (including phenoxy) is 2. The van der Waals surface area contributed by atoms with Crippen LogP contribution < -0.4 is 20.1 Å². The molecule has 0 spiro atoms. The summed E-state index contributed by atoms with van der Waals surface area (Å²) in [5, 5.41) is 14.9. The average molecular weight is 388 g/mol. The molecule has 1 amide bonds. The van der Waals surface area contributed by atoms with Crippen molar-refractivity contribution in [3.05, 3.63) is 77.6 Å². The maximum absolute atomic E-state index is 12.3. The van der Waals surface area contributed by atoms with Crippen LogP contribution in [-0.2, 0) is 6.54 Å². The number of carbonyl (C=O) groups is 1. The summed E-state index contributed by atoms with van der Waals surface area (Å²) in [6, 6.07) is 17.9. The van der Waals surface area contributed by atoms with Crippen LogP contribution >= 0.6 is 0 Å². The largest absolute Gasteiger partial charge is 0.493 e. The number of nitriles is 1. The van der Waals surface area contributed by atoms with E-state index in [-0.39, 0.29) is 11.6 Å². The van der Waals surface area contributed by atoms with E-state index < -0.39 is 0 Å². The van der Waals surface area contributed by atoms with Crippen LogP contribution in [0.25, 0.3) is 0 Å². The fourth-order valence-electron chi connectivity index (χ4n) is 2.69. The quantitative estimate of drug-likeness (QED) is 0.638. The first-order valence-electron chi connectivity index (χ1n) is 8.85. The van der Waals surface area contributed by atoms with Crippen molar-refractivity contribution in [3.63, 3.8) is 0 Å². The number of amides is 1. The molecule has 7 heteroatoms. The number of nitrogens with one attached hydrogen (secondary N) is 2. The van der Waals surface area contributed by atoms with Gasteiger partial charge in [0.2, 0.25) is 0 Å². The molecule has 0 bridgehead atoms. The Morgan fingerprint density at radius 3 is 2.55 bits per heavy atom. The Labute approximate surface area is 168 Å². The molecule has 2 aromatic carbocycles. The molecule has 0 unspecified atom stereocenters. The van der Waals surface area contributed by atoms with Crippen LogP contribution in [0.15, 0.2) is 60.8 Å². The Balaban J connectivity index is 1.61. The van der Waals surface area contributed by atoms with E-state index in [4.69, 9.17) is 14.7 Å². The Morgan fingerprint density at radius 2 is 1.86 bits per heavy atom. The van der Waals surface area contributed by atoms with Gasteiger partial charge in [0, 0.05) is 12.2 Å². The van der Waals surface area contributed by atoms with Gasteiger partial charge in [-0.25, -0.2) is 4.98 Å². The van der Waals surface area contributed by atoms with Crippen molar-refractivity contribution in [3.8, 4) is 17.6 Å². The predicted molar refractivity (Wildman–Crippen MR) is 110 cm³/mol. The molecular formula is C22H20N4O3. The van der Waals surface area contributed by atoms with Gasteiger partial charge in [-0.15, -0.1) is 0 Å². The SMILES string of the molecule is COc1ccc(CNc2ccc(C(=O)Nc3cccc(C#N)c3)nc2)cc1OC. The molecule has 29 heavy (non-hydrogen) atoms. The van der Waals surface area contributed by atoms with Gasteiger partial charge in [0.05, 0.1) is 37.7 Å². The maximum atomic E-state index is 12.3. The lowest BCUT2D eigenvalue weighted by molar-refractivity contribution is 0.102. The topological polar surface area (TPSA) is 96.3 Å². The van der Waals surface area contributed by atoms with Gasteiger partial charge >= 0.3 is 0 Å². The highest BCUT2D eigenvalue weighted by Crippen LogP contribution is 2.27. The molecule has 0 aliphatic carbocycles. The molecule has 7 nitrogen and oxygen atoms in total. The molecule has 1 heterocycles. The first-order valence-corrected chi connectivity index (χ1v) is 8.85. The van der Waals surface area contributed by atoms with Gasteiger partial charge in [-0.2, -0.15) is 5.26 Å². The summed E-state index contributed by atoms with van der Waals surface area (Å²) in [6.45, 7) is 0.564. The summed E-state index contributed by atoms with van der Waals surface area (Å²) in [4.78, 5) is 16.5. The zero-order valence-electron chi connectivity index (χ0n) is 16.1. The minimum Gasteiger partial charge on any atom is -0.493 e. The fourth-order valence-corrected chi connectivity index (χ4v) is 2.69. The van der Waals surface area contributed by atoms with Gasteiger partial charge in [-0.3, -0.25) is 4.79 Å². The second-order valence-electron chi connectivity index (χ2n) is 6.12. The maximum Gasteiger partial charge on any atom is 0.274 e. The number of hydrogen-bond donors (Lipinski definition) is 2. The zero-order valence-corrected chi connectivity index (χ0v) is 16.1. The highest BCUT2D eigenvalue weighted by atomic mass is 16.5. The third-order valence-electron chi connectivity index (χ3n) is 4.19. The number of rotatable bonds is 7. The molecule has 0 atom stereocenters. The third kappa shape index (κ3) is 5.02. The van der Waals surface area contributed by atoms with E-state index in [1.54, 1.807) is 56.8 Å². The Kier molecular flexibility index (Phi) is 6.28. The van der Waals surface area contributed by atoms with Crippen LogP contribution in [0, 0.1) is 11.3 Å². The number of carbonyl (C=O) groups excluding carboxylic acids is 1. The van der Waals surface area contributed by atoms with E-state index in [0.29, 0.717) is 29.3 Å². The minimum absolute atomic E-state index is 0.282. The summed E-state index contributed by atoms with van der Waals surface area (Å²) in [5.74, 6) is 0.998. The van der Waals surface area contributed by atoms with Gasteiger partial charge in [-0.1, -0.05) is 12.1 Å². The van der Waals surface area contributed by atoms with Crippen molar-refractivity contribution in [2.24, 2.45) is 0 Å². The number of hydrogen-bond acceptors (Lipinski definition) is 6. The second kappa shape index (κ2) is 9.24. The second-order valence-corrected chi connectivity index (χ2v) is 6.12. The van der Waals surface area contributed by atoms with Crippen LogP contribution in [0.4, 0.5) is 11.4 Å². The fraction of sp³-hybridized carbons (Fsp3) is 0.136. The van der Waals surface area contributed by atoms with E-state index in [2.05, 4.69) is 15.6 Å². The van der Waals surface area contributed by atoms with Crippen LogP contribution in [0.5, 0.6) is 11.5 Å². The lowest BCUT2D eigenvalue weighted by Crippen LogP contribution is -2.13. The molecule has 0 aliphatic heterocycles. The first-order chi connectivity index (χ1) is 14.1. The lowest BCUT2D eigenvalue weighted by atomic mass is 10.2. The van der Waals surface area contributed by atoms with Crippen LogP contribution in [0.2, 0.25) is 0 Å². The standard InChI is InChI=1S/C22H20N4O3/c1-28-20-9-6-16(11-21(20)29-2)13-24-18-7-8-19(25-14-18)22(27)26-17-5-3-4-15(10-17)12-23/h3-11,14,24H,13H2,1-2H3,(H,26,27). The summed E-state index contributed by atoms with van der Waals surface area (Å²) in [5.41, 5.74) is 3.10. The molecule has 146 valence electrons. The predicted octanol–water partition coefficient (Wildman–Crippen LogP) is 3.83. The monoisotopic (exact) mass is 388 g/mol. The summed E-state index contributed by atoms with van der Waals surface area (Å²) in [6.07, 6.45) is 1.60. The van der Waals surface area contributed by atoms with Crippen molar-refractivity contribution < 1.29 is 14.3 Å². The van der Waals surface area contributed by atoms with E-state index in [9.17, 15) is 4.79 Å². The molecule has 0 aliphatic rings. The highest BCUT2D eigenvalue weighted by Gasteiger charge is 2.09. The molecule has 0 radical (unpaired) electrons. The molecular weight excluding hydrogens is 368 g/mol. The number of methoxy groups -OCH3 is 2. The van der Waals surface area contributed by atoms with E-state index in [0.717, 1.165) is 11.3 Å². The molecule has 3 aromatic rings. The van der Waals surface area contributed by atoms with Crippen molar-refractivity contribution in [2.75, 3.05) is 24.9 Å². The van der Waals surface area contributed by atoms with Gasteiger partial charge in [0.25, 0.3) is 5.91 Å². The van der Waals surface area contributed by atoms with E-state index in [1.165, 1.54) is 0 Å². The van der Waals surface area contributed by atoms with Gasteiger partial charge in [0.15, 0.2) is 11.5 Å². The number of benzene rings is 2. The number of aromatic nitrogens is 1. The smallest absolute Gasteiger partial charge is 0.274 e. The van der Waals surface area contributed by atoms with Crippen LogP contribution in [0.3, 0.4) is 0 Å². The minimum atomic E-state index is -0.341.